The van der Waals surface area contributed by atoms with Crippen molar-refractivity contribution in [3.63, 3.8) is 0 Å². The maximum absolute atomic E-state index is 9.75. The van der Waals surface area contributed by atoms with Crippen molar-refractivity contribution in [2.24, 2.45) is 0 Å². The summed E-state index contributed by atoms with van der Waals surface area (Å²) in [7, 11) is 0. The van der Waals surface area contributed by atoms with Crippen LogP contribution >= 0.6 is 0 Å². The van der Waals surface area contributed by atoms with Crippen LogP contribution in [0.15, 0.2) is 206 Å². The summed E-state index contributed by atoms with van der Waals surface area (Å²) in [6, 6.07) is 35.1. The van der Waals surface area contributed by atoms with Gasteiger partial charge >= 0.3 is 0 Å². The number of benzene rings is 9. The summed E-state index contributed by atoms with van der Waals surface area (Å²) in [4.78, 5) is 15.1. The van der Waals surface area contributed by atoms with E-state index in [0.29, 0.717) is 28.3 Å². The van der Waals surface area contributed by atoms with Crippen LogP contribution < -0.4 is 0 Å². The number of para-hydroxylation sites is 1. The predicted octanol–water partition coefficient (Wildman–Crippen LogP) is 13.6. The Morgan fingerprint density at radius 2 is 0.965 bits per heavy atom. The number of fused-ring (bicyclic) bond motifs is 6. The molecule has 0 amide bonds. The van der Waals surface area contributed by atoms with Crippen LogP contribution in [0.3, 0.4) is 0 Å². The summed E-state index contributed by atoms with van der Waals surface area (Å²) in [6.45, 7) is 0. The standard InChI is InChI=1S/C53H34N4/c1-4-14-35(15-5-1)40-28-30-49-46(33-40)44-22-12-13-23-48(44)57(49)50-31-29-42(41-27-26-37-25-24-36-16-10-11-21-43(36)45(37)32-41)34-47(50)53-55-51(38-17-6-2-7-18-38)54-52(56-53)39-19-8-3-9-20-39/h1-34H/i1D,4D,5D,12D,13D,14D,15D,22D,23D,28D,30D,33D. The van der Waals surface area contributed by atoms with Gasteiger partial charge in [-0.1, -0.05) is 170 Å². The Hall–Kier alpha value is -7.69. The lowest BCUT2D eigenvalue weighted by molar-refractivity contribution is 1.06. The van der Waals surface area contributed by atoms with E-state index in [9.17, 15) is 6.85 Å². The highest BCUT2D eigenvalue weighted by molar-refractivity contribution is 6.11. The molecule has 0 saturated carbocycles. The van der Waals surface area contributed by atoms with Crippen molar-refractivity contribution in [1.82, 2.24) is 19.5 Å². The SMILES string of the molecule is [2H]c1c([2H])c([2H])c(-c2c([2H])c([2H])c3c(c2[2H])c2c([2H])c([2H])c([2H])c([2H])c2n3-c2ccc(-c3ccc4ccc5ccccc5c4c3)cc2-c2nc(-c3ccccc3)nc(-c3ccccc3)n2)c([2H])c1[2H]. The van der Waals surface area contributed by atoms with Crippen LogP contribution in [0.25, 0.3) is 105 Å². The van der Waals surface area contributed by atoms with E-state index in [4.69, 9.17) is 24.5 Å². The molecule has 266 valence electrons. The Kier molecular flexibility index (Phi) is 5.38. The molecule has 2 heterocycles. The van der Waals surface area contributed by atoms with Crippen LogP contribution in [0.2, 0.25) is 0 Å². The molecule has 0 radical (unpaired) electrons. The van der Waals surface area contributed by atoms with Crippen molar-refractivity contribution in [3.8, 4) is 62.1 Å². The monoisotopic (exact) mass is 738 g/mol. The Morgan fingerprint density at radius 3 is 1.74 bits per heavy atom. The van der Waals surface area contributed by atoms with Crippen molar-refractivity contribution in [2.45, 2.75) is 0 Å². The molecule has 0 aliphatic carbocycles. The van der Waals surface area contributed by atoms with E-state index in [1.807, 2.05) is 97.1 Å². The van der Waals surface area contributed by atoms with Crippen molar-refractivity contribution in [1.29, 1.82) is 0 Å². The minimum atomic E-state index is -0.702. The zero-order chi connectivity index (χ0) is 48.2. The van der Waals surface area contributed by atoms with E-state index in [-0.39, 0.29) is 33.3 Å². The van der Waals surface area contributed by atoms with Crippen LogP contribution in [-0.4, -0.2) is 19.5 Å². The van der Waals surface area contributed by atoms with Gasteiger partial charge in [-0.15, -0.1) is 0 Å². The van der Waals surface area contributed by atoms with E-state index < -0.39 is 83.6 Å². The van der Waals surface area contributed by atoms with Crippen LogP contribution in [0.5, 0.6) is 0 Å². The predicted molar refractivity (Wildman–Crippen MR) is 236 cm³/mol. The number of hydrogen-bond donors (Lipinski definition) is 0. The first kappa shape index (κ1) is 22.6. The summed E-state index contributed by atoms with van der Waals surface area (Å²) >= 11 is 0. The molecule has 4 nitrogen and oxygen atoms in total. The molecule has 0 bridgehead atoms. The number of rotatable bonds is 6. The molecule has 9 aromatic carbocycles. The molecule has 0 spiro atoms. The molecular formula is C53H34N4. The first-order valence-corrected chi connectivity index (χ1v) is 18.3. The zero-order valence-electron chi connectivity index (χ0n) is 42.0. The molecule has 0 atom stereocenters. The molecule has 0 unspecified atom stereocenters. The van der Waals surface area contributed by atoms with E-state index in [0.717, 1.165) is 32.7 Å². The normalized spacial score (nSPS) is 14.5. The van der Waals surface area contributed by atoms with E-state index >= 15 is 0 Å². The average molecular weight is 739 g/mol. The first-order valence-electron chi connectivity index (χ1n) is 24.3. The average Bonchev–Trinajstić information content (AvgIpc) is 3.75. The number of nitrogens with zero attached hydrogens (tertiary/aromatic N) is 4. The number of hydrogen-bond acceptors (Lipinski definition) is 3. The third-order valence-corrected chi connectivity index (χ3v) is 10.2. The van der Waals surface area contributed by atoms with Crippen molar-refractivity contribution < 1.29 is 16.4 Å². The van der Waals surface area contributed by atoms with Gasteiger partial charge in [-0.25, -0.2) is 15.0 Å². The molecule has 0 aliphatic rings. The first-order chi connectivity index (χ1) is 33.2. The molecule has 57 heavy (non-hydrogen) atoms. The van der Waals surface area contributed by atoms with E-state index in [1.54, 1.807) is 6.07 Å². The van der Waals surface area contributed by atoms with Gasteiger partial charge in [0.05, 0.1) is 33.2 Å². The maximum atomic E-state index is 9.75. The van der Waals surface area contributed by atoms with Gasteiger partial charge in [0.2, 0.25) is 0 Å². The Morgan fingerprint density at radius 1 is 0.368 bits per heavy atom. The number of aromatic nitrogens is 4. The lowest BCUT2D eigenvalue weighted by atomic mass is 9.95. The minimum absolute atomic E-state index is 0.123. The summed E-state index contributed by atoms with van der Waals surface area (Å²) in [5, 5.41) is 3.85. The lowest BCUT2D eigenvalue weighted by Crippen LogP contribution is -2.04. The van der Waals surface area contributed by atoms with Gasteiger partial charge in [0.15, 0.2) is 17.5 Å². The summed E-state index contributed by atoms with van der Waals surface area (Å²) in [5.41, 5.74) is 2.33. The minimum Gasteiger partial charge on any atom is -0.309 e. The molecule has 2 aromatic heterocycles. The summed E-state index contributed by atoms with van der Waals surface area (Å²) in [6.07, 6.45) is 0. The molecular weight excluding hydrogens is 693 g/mol. The fourth-order valence-electron chi connectivity index (χ4n) is 7.46. The van der Waals surface area contributed by atoms with Gasteiger partial charge in [-0.3, -0.25) is 0 Å². The second kappa shape index (κ2) is 13.6. The molecule has 0 aliphatic heterocycles. The highest BCUT2D eigenvalue weighted by Gasteiger charge is 2.21. The molecule has 11 rings (SSSR count). The molecule has 11 aromatic rings. The van der Waals surface area contributed by atoms with Gasteiger partial charge < -0.3 is 4.57 Å². The second-order valence-electron chi connectivity index (χ2n) is 13.5. The smallest absolute Gasteiger partial charge is 0.166 e. The van der Waals surface area contributed by atoms with Crippen LogP contribution in [0.4, 0.5) is 0 Å². The molecule has 0 saturated heterocycles. The third kappa shape index (κ3) is 5.74. The quantitative estimate of drug-likeness (QED) is 0.160. The molecule has 0 N–H and O–H groups in total. The second-order valence-corrected chi connectivity index (χ2v) is 13.5. The third-order valence-electron chi connectivity index (χ3n) is 10.2. The zero-order valence-corrected chi connectivity index (χ0v) is 30.0. The van der Waals surface area contributed by atoms with Crippen LogP contribution in [0.1, 0.15) is 16.4 Å². The van der Waals surface area contributed by atoms with Gasteiger partial charge in [-0.2, -0.15) is 0 Å². The highest BCUT2D eigenvalue weighted by atomic mass is 15.1. The lowest BCUT2D eigenvalue weighted by Gasteiger charge is -2.17. The fraction of sp³-hybridized carbons (Fsp3) is 0. The van der Waals surface area contributed by atoms with E-state index in [1.165, 1.54) is 4.57 Å². The highest BCUT2D eigenvalue weighted by Crippen LogP contribution is 2.40. The maximum Gasteiger partial charge on any atom is 0.166 e. The van der Waals surface area contributed by atoms with Crippen LogP contribution in [0, 0.1) is 0 Å². The van der Waals surface area contributed by atoms with E-state index in [2.05, 4.69) is 30.3 Å². The van der Waals surface area contributed by atoms with Gasteiger partial charge in [-0.05, 0) is 80.1 Å². The van der Waals surface area contributed by atoms with Crippen molar-refractivity contribution in [3.05, 3.63) is 206 Å². The summed E-state index contributed by atoms with van der Waals surface area (Å²) in [5.74, 6) is 0.841. The topological polar surface area (TPSA) is 43.6 Å². The molecule has 4 heteroatoms. The van der Waals surface area contributed by atoms with Gasteiger partial charge in [0.25, 0.3) is 0 Å². The fourth-order valence-corrected chi connectivity index (χ4v) is 7.46. The summed E-state index contributed by atoms with van der Waals surface area (Å²) < 4.78 is 109. The van der Waals surface area contributed by atoms with Crippen molar-refractivity contribution >= 4 is 43.4 Å². The Bertz CT molecular complexity index is 3900. The van der Waals surface area contributed by atoms with Gasteiger partial charge in [0, 0.05) is 27.5 Å². The Labute approximate surface area is 346 Å². The largest absolute Gasteiger partial charge is 0.309 e. The Balaban J connectivity index is 1.29. The van der Waals surface area contributed by atoms with Crippen LogP contribution in [-0.2, 0) is 0 Å². The van der Waals surface area contributed by atoms with Crippen molar-refractivity contribution in [2.75, 3.05) is 0 Å². The molecule has 0 fully saturated rings. The van der Waals surface area contributed by atoms with Gasteiger partial charge in [0.1, 0.15) is 0 Å².